The van der Waals surface area contributed by atoms with Gasteiger partial charge in [0.25, 0.3) is 5.91 Å². The predicted octanol–water partition coefficient (Wildman–Crippen LogP) is 1.28. The van der Waals surface area contributed by atoms with Gasteiger partial charge in [0.1, 0.15) is 5.69 Å². The standard InChI is InChI=1S/C13H10N4O/c14-7-10-2-1-3-11(6-10)8-17-13(18)12-9-15-4-5-16-12/h1-6,9H,8H2,(H,17,18). The van der Waals surface area contributed by atoms with Crippen molar-refractivity contribution >= 4 is 5.91 Å². The lowest BCUT2D eigenvalue weighted by molar-refractivity contribution is 0.0945. The summed E-state index contributed by atoms with van der Waals surface area (Å²) >= 11 is 0. The van der Waals surface area contributed by atoms with Crippen LogP contribution >= 0.6 is 0 Å². The molecule has 2 aromatic rings. The summed E-state index contributed by atoms with van der Waals surface area (Å²) in [6.45, 7) is 0.352. The van der Waals surface area contributed by atoms with Crippen molar-refractivity contribution in [1.82, 2.24) is 15.3 Å². The number of benzene rings is 1. The van der Waals surface area contributed by atoms with Gasteiger partial charge < -0.3 is 5.32 Å². The zero-order valence-corrected chi connectivity index (χ0v) is 9.50. The summed E-state index contributed by atoms with van der Waals surface area (Å²) in [4.78, 5) is 19.4. The first-order valence-electron chi connectivity index (χ1n) is 5.33. The van der Waals surface area contributed by atoms with Gasteiger partial charge in [0.2, 0.25) is 0 Å². The van der Waals surface area contributed by atoms with Gasteiger partial charge in [-0.05, 0) is 17.7 Å². The van der Waals surface area contributed by atoms with Crippen molar-refractivity contribution in [2.24, 2.45) is 0 Å². The molecule has 0 fully saturated rings. The number of aromatic nitrogens is 2. The van der Waals surface area contributed by atoms with Gasteiger partial charge in [-0.2, -0.15) is 5.26 Å². The van der Waals surface area contributed by atoms with E-state index in [4.69, 9.17) is 5.26 Å². The second-order valence-electron chi connectivity index (χ2n) is 3.59. The molecule has 0 saturated heterocycles. The number of carbonyl (C=O) groups excluding carboxylic acids is 1. The molecule has 0 atom stereocenters. The minimum absolute atomic E-state index is 0.272. The van der Waals surface area contributed by atoms with Crippen molar-refractivity contribution in [3.05, 3.63) is 59.7 Å². The van der Waals surface area contributed by atoms with E-state index in [9.17, 15) is 4.79 Å². The maximum absolute atomic E-state index is 11.7. The van der Waals surface area contributed by atoms with Crippen molar-refractivity contribution < 1.29 is 4.79 Å². The molecule has 88 valence electrons. The molecule has 0 saturated carbocycles. The van der Waals surface area contributed by atoms with Crippen molar-refractivity contribution in [3.8, 4) is 6.07 Å². The first-order valence-corrected chi connectivity index (χ1v) is 5.33. The highest BCUT2D eigenvalue weighted by Gasteiger charge is 2.06. The molecule has 0 spiro atoms. The van der Waals surface area contributed by atoms with Crippen LogP contribution in [0.5, 0.6) is 0 Å². The number of nitrogens with zero attached hydrogens (tertiary/aromatic N) is 3. The average Bonchev–Trinajstić information content (AvgIpc) is 2.46. The number of carbonyl (C=O) groups is 1. The third kappa shape index (κ3) is 2.89. The van der Waals surface area contributed by atoms with Gasteiger partial charge in [-0.15, -0.1) is 0 Å². The highest BCUT2D eigenvalue weighted by Crippen LogP contribution is 2.04. The van der Waals surface area contributed by atoms with E-state index in [0.717, 1.165) is 5.56 Å². The Labute approximate surface area is 104 Å². The Balaban J connectivity index is 2.00. The molecule has 2 rings (SSSR count). The van der Waals surface area contributed by atoms with Crippen LogP contribution < -0.4 is 5.32 Å². The molecule has 1 heterocycles. The fourth-order valence-electron chi connectivity index (χ4n) is 1.44. The fourth-order valence-corrected chi connectivity index (χ4v) is 1.44. The first kappa shape index (κ1) is 11.7. The molecule has 0 bridgehead atoms. The molecular weight excluding hydrogens is 228 g/mol. The highest BCUT2D eigenvalue weighted by molar-refractivity contribution is 5.91. The van der Waals surface area contributed by atoms with E-state index in [2.05, 4.69) is 21.4 Å². The number of nitriles is 1. The van der Waals surface area contributed by atoms with E-state index in [1.54, 1.807) is 18.2 Å². The Hall–Kier alpha value is -2.74. The van der Waals surface area contributed by atoms with Crippen LogP contribution in [0, 0.1) is 11.3 Å². The van der Waals surface area contributed by atoms with Crippen molar-refractivity contribution in [2.75, 3.05) is 0 Å². The van der Waals surface area contributed by atoms with E-state index in [0.29, 0.717) is 12.1 Å². The molecule has 0 aliphatic heterocycles. The van der Waals surface area contributed by atoms with Crippen LogP contribution in [0.1, 0.15) is 21.6 Å². The Morgan fingerprint density at radius 1 is 1.39 bits per heavy atom. The van der Waals surface area contributed by atoms with Gasteiger partial charge in [-0.3, -0.25) is 9.78 Å². The lowest BCUT2D eigenvalue weighted by Gasteiger charge is -2.04. The molecule has 1 amide bonds. The van der Waals surface area contributed by atoms with Crippen LogP contribution in [0.25, 0.3) is 0 Å². The van der Waals surface area contributed by atoms with Gasteiger partial charge in [0, 0.05) is 18.9 Å². The molecule has 0 aliphatic carbocycles. The third-order valence-electron chi connectivity index (χ3n) is 2.30. The highest BCUT2D eigenvalue weighted by atomic mass is 16.1. The molecule has 18 heavy (non-hydrogen) atoms. The van der Waals surface area contributed by atoms with Gasteiger partial charge in [0.15, 0.2) is 0 Å². The quantitative estimate of drug-likeness (QED) is 0.873. The Morgan fingerprint density at radius 3 is 3.00 bits per heavy atom. The van der Waals surface area contributed by atoms with Crippen molar-refractivity contribution in [2.45, 2.75) is 6.54 Å². The van der Waals surface area contributed by atoms with Gasteiger partial charge in [-0.1, -0.05) is 12.1 Å². The van der Waals surface area contributed by atoms with E-state index in [1.165, 1.54) is 18.6 Å². The molecule has 1 aromatic heterocycles. The van der Waals surface area contributed by atoms with Crippen LogP contribution in [0.2, 0.25) is 0 Å². The summed E-state index contributed by atoms with van der Waals surface area (Å²) in [6.07, 6.45) is 4.37. The Kier molecular flexibility index (Phi) is 3.62. The largest absolute Gasteiger partial charge is 0.347 e. The summed E-state index contributed by atoms with van der Waals surface area (Å²) in [5.41, 5.74) is 1.71. The number of hydrogen-bond acceptors (Lipinski definition) is 4. The number of hydrogen-bond donors (Lipinski definition) is 1. The summed E-state index contributed by atoms with van der Waals surface area (Å²) < 4.78 is 0. The maximum atomic E-state index is 11.7. The molecule has 1 N–H and O–H groups in total. The lowest BCUT2D eigenvalue weighted by atomic mass is 10.1. The predicted molar refractivity (Wildman–Crippen MR) is 64.4 cm³/mol. The minimum Gasteiger partial charge on any atom is -0.347 e. The Morgan fingerprint density at radius 2 is 2.28 bits per heavy atom. The zero-order valence-electron chi connectivity index (χ0n) is 9.50. The number of nitrogens with one attached hydrogen (secondary N) is 1. The second-order valence-corrected chi connectivity index (χ2v) is 3.59. The molecule has 1 aromatic carbocycles. The number of rotatable bonds is 3. The molecular formula is C13H10N4O. The molecule has 0 unspecified atom stereocenters. The minimum atomic E-state index is -0.287. The lowest BCUT2D eigenvalue weighted by Crippen LogP contribution is -2.23. The van der Waals surface area contributed by atoms with Crippen molar-refractivity contribution in [1.29, 1.82) is 5.26 Å². The topological polar surface area (TPSA) is 78.7 Å². The maximum Gasteiger partial charge on any atom is 0.271 e. The van der Waals surface area contributed by atoms with E-state index < -0.39 is 0 Å². The molecule has 5 nitrogen and oxygen atoms in total. The molecule has 0 radical (unpaired) electrons. The summed E-state index contributed by atoms with van der Waals surface area (Å²) in [5, 5.41) is 11.5. The van der Waals surface area contributed by atoms with E-state index in [1.807, 2.05) is 6.07 Å². The monoisotopic (exact) mass is 238 g/mol. The molecule has 5 heteroatoms. The molecule has 0 aliphatic rings. The van der Waals surface area contributed by atoms with Crippen LogP contribution in [0.3, 0.4) is 0 Å². The van der Waals surface area contributed by atoms with Crippen LogP contribution in [0.15, 0.2) is 42.9 Å². The fraction of sp³-hybridized carbons (Fsp3) is 0.0769. The Bertz CT molecular complexity index is 589. The SMILES string of the molecule is N#Cc1cccc(CNC(=O)c2cnccn2)c1. The van der Waals surface area contributed by atoms with Gasteiger partial charge in [-0.25, -0.2) is 4.98 Å². The summed E-state index contributed by atoms with van der Waals surface area (Å²) in [6, 6.07) is 9.13. The van der Waals surface area contributed by atoms with E-state index >= 15 is 0 Å². The average molecular weight is 238 g/mol. The smallest absolute Gasteiger partial charge is 0.271 e. The van der Waals surface area contributed by atoms with Gasteiger partial charge >= 0.3 is 0 Å². The van der Waals surface area contributed by atoms with Crippen LogP contribution in [-0.4, -0.2) is 15.9 Å². The van der Waals surface area contributed by atoms with Gasteiger partial charge in [0.05, 0.1) is 17.8 Å². The van der Waals surface area contributed by atoms with E-state index in [-0.39, 0.29) is 11.6 Å². The third-order valence-corrected chi connectivity index (χ3v) is 2.30. The number of amides is 1. The normalized spacial score (nSPS) is 9.50. The summed E-state index contributed by atoms with van der Waals surface area (Å²) in [7, 11) is 0. The zero-order chi connectivity index (χ0) is 12.8. The summed E-state index contributed by atoms with van der Waals surface area (Å²) in [5.74, 6) is -0.287. The first-order chi connectivity index (χ1) is 8.79. The van der Waals surface area contributed by atoms with Crippen LogP contribution in [-0.2, 0) is 6.54 Å². The van der Waals surface area contributed by atoms with Crippen molar-refractivity contribution in [3.63, 3.8) is 0 Å². The van der Waals surface area contributed by atoms with Crippen LogP contribution in [0.4, 0.5) is 0 Å². The second kappa shape index (κ2) is 5.55.